The highest BCUT2D eigenvalue weighted by atomic mass is 32.2. The number of rotatable bonds is 7. The number of allylic oxidation sites excluding steroid dienone is 2. The number of fused-ring (bicyclic) bond motifs is 1. The van der Waals surface area contributed by atoms with Gasteiger partial charge in [-0.25, -0.2) is 4.98 Å². The third-order valence-electron chi connectivity index (χ3n) is 5.83. The summed E-state index contributed by atoms with van der Waals surface area (Å²) in [6.45, 7) is 2.46. The summed E-state index contributed by atoms with van der Waals surface area (Å²) in [6, 6.07) is 14.3. The van der Waals surface area contributed by atoms with Gasteiger partial charge >= 0.3 is 0 Å². The van der Waals surface area contributed by atoms with Gasteiger partial charge < -0.3 is 0 Å². The first kappa shape index (κ1) is 23.8. The van der Waals surface area contributed by atoms with Crippen LogP contribution < -0.4 is 16.4 Å². The Bertz CT molecular complexity index is 1280. The Morgan fingerprint density at radius 3 is 2.62 bits per heavy atom. The molecular weight excluding hydrogens is 448 g/mol. The topological polar surface area (TPSA) is 93.1 Å². The molecule has 1 aromatic heterocycles. The number of thioether (sulfide) groups is 1. The Morgan fingerprint density at radius 1 is 1.06 bits per heavy atom. The third-order valence-corrected chi connectivity index (χ3v) is 6.81. The first-order chi connectivity index (χ1) is 16.5. The maximum absolute atomic E-state index is 13.2. The second kappa shape index (κ2) is 11.2. The van der Waals surface area contributed by atoms with Crippen molar-refractivity contribution >= 4 is 34.5 Å². The number of aryl methyl sites for hydroxylation is 1. The molecular formula is C26H28N4O3S. The van der Waals surface area contributed by atoms with E-state index < -0.39 is 0 Å². The van der Waals surface area contributed by atoms with Gasteiger partial charge in [-0.05, 0) is 63.3 Å². The Kier molecular flexibility index (Phi) is 7.80. The minimum Gasteiger partial charge on any atom is -0.287 e. The van der Waals surface area contributed by atoms with Crippen LogP contribution in [0.1, 0.15) is 48.0 Å². The van der Waals surface area contributed by atoms with Crippen LogP contribution in [0.5, 0.6) is 0 Å². The second-order valence-electron chi connectivity index (χ2n) is 8.38. The Hall–Kier alpha value is -3.39. The molecule has 0 radical (unpaired) electrons. The molecule has 0 unspecified atom stereocenters. The molecule has 176 valence electrons. The van der Waals surface area contributed by atoms with E-state index in [1.165, 1.54) is 30.2 Å². The summed E-state index contributed by atoms with van der Waals surface area (Å²) in [4.78, 5) is 42.5. The van der Waals surface area contributed by atoms with Gasteiger partial charge in [-0.1, -0.05) is 53.2 Å². The molecule has 0 aliphatic heterocycles. The van der Waals surface area contributed by atoms with Crippen LogP contribution in [0.2, 0.25) is 0 Å². The quantitative estimate of drug-likeness (QED) is 0.231. The lowest BCUT2D eigenvalue weighted by Gasteiger charge is -2.16. The van der Waals surface area contributed by atoms with Crippen molar-refractivity contribution in [3.63, 3.8) is 0 Å². The second-order valence-corrected chi connectivity index (χ2v) is 9.33. The van der Waals surface area contributed by atoms with Crippen LogP contribution in [0.25, 0.3) is 10.9 Å². The average Bonchev–Trinajstić information content (AvgIpc) is 2.86. The molecule has 0 atom stereocenters. The molecule has 2 aromatic carbocycles. The standard InChI is InChI=1S/C26H28N4O3S/c1-18-11-13-20(14-12-18)24(32)29-28-23(31)17-34-26-27-22-10-6-5-9-21(22)25(33)30(26)16-15-19-7-3-2-4-8-19/h5-7,9-14H,2-4,8,15-17H2,1H3,(H,28,31)(H,29,32). The van der Waals surface area contributed by atoms with Crippen LogP contribution in [-0.4, -0.2) is 27.1 Å². The van der Waals surface area contributed by atoms with Gasteiger partial charge in [0, 0.05) is 12.1 Å². The monoisotopic (exact) mass is 476 g/mol. The van der Waals surface area contributed by atoms with E-state index in [0.29, 0.717) is 28.2 Å². The van der Waals surface area contributed by atoms with Crippen molar-refractivity contribution in [3.05, 3.63) is 81.7 Å². The number of amides is 2. The van der Waals surface area contributed by atoms with Gasteiger partial charge in [0.1, 0.15) is 0 Å². The molecule has 34 heavy (non-hydrogen) atoms. The number of hydrazine groups is 1. The predicted octanol–water partition coefficient (Wildman–Crippen LogP) is 4.15. The fourth-order valence-electron chi connectivity index (χ4n) is 3.91. The van der Waals surface area contributed by atoms with Crippen LogP contribution in [0.3, 0.4) is 0 Å². The van der Waals surface area contributed by atoms with Gasteiger partial charge in [-0.2, -0.15) is 0 Å². The summed E-state index contributed by atoms with van der Waals surface area (Å²) in [5.41, 5.74) is 8.26. The van der Waals surface area contributed by atoms with Crippen LogP contribution in [0.15, 0.2) is 70.1 Å². The zero-order valence-corrected chi connectivity index (χ0v) is 20.0. The lowest BCUT2D eigenvalue weighted by Crippen LogP contribution is -2.42. The van der Waals surface area contributed by atoms with E-state index in [-0.39, 0.29) is 23.1 Å². The molecule has 2 amide bonds. The summed E-state index contributed by atoms with van der Waals surface area (Å²) >= 11 is 1.19. The highest BCUT2D eigenvalue weighted by Gasteiger charge is 2.15. The zero-order chi connectivity index (χ0) is 23.9. The number of carbonyl (C=O) groups is 2. The lowest BCUT2D eigenvalue weighted by atomic mass is 9.97. The van der Waals surface area contributed by atoms with E-state index in [1.54, 1.807) is 28.8 Å². The lowest BCUT2D eigenvalue weighted by molar-refractivity contribution is -0.119. The van der Waals surface area contributed by atoms with Gasteiger partial charge in [-0.3, -0.25) is 29.8 Å². The molecule has 0 fully saturated rings. The van der Waals surface area contributed by atoms with Crippen LogP contribution in [-0.2, 0) is 11.3 Å². The minimum atomic E-state index is -0.389. The zero-order valence-electron chi connectivity index (χ0n) is 19.2. The molecule has 1 heterocycles. The van der Waals surface area contributed by atoms with E-state index in [9.17, 15) is 14.4 Å². The van der Waals surface area contributed by atoms with Crippen molar-refractivity contribution < 1.29 is 9.59 Å². The van der Waals surface area contributed by atoms with Gasteiger partial charge in [-0.15, -0.1) is 0 Å². The number of hydrogen-bond donors (Lipinski definition) is 2. The maximum Gasteiger partial charge on any atom is 0.269 e. The summed E-state index contributed by atoms with van der Waals surface area (Å²) < 4.78 is 1.67. The number of hydrogen-bond acceptors (Lipinski definition) is 5. The number of aromatic nitrogens is 2. The van der Waals surface area contributed by atoms with Crippen LogP contribution >= 0.6 is 11.8 Å². The number of benzene rings is 2. The summed E-state index contributed by atoms with van der Waals surface area (Å²) in [5, 5.41) is 1.07. The molecule has 4 rings (SSSR count). The van der Waals surface area contributed by atoms with E-state index >= 15 is 0 Å². The number of carbonyl (C=O) groups excluding carboxylic acids is 2. The predicted molar refractivity (Wildman–Crippen MR) is 135 cm³/mol. The van der Waals surface area contributed by atoms with Crippen LogP contribution in [0.4, 0.5) is 0 Å². The normalized spacial score (nSPS) is 13.4. The van der Waals surface area contributed by atoms with E-state index in [2.05, 4.69) is 21.9 Å². The van der Waals surface area contributed by atoms with Crippen molar-refractivity contribution in [2.24, 2.45) is 0 Å². The average molecular weight is 477 g/mol. The van der Waals surface area contributed by atoms with Crippen molar-refractivity contribution in [1.29, 1.82) is 0 Å². The molecule has 0 saturated heterocycles. The Balaban J connectivity index is 1.43. The van der Waals surface area contributed by atoms with Gasteiger partial charge in [0.2, 0.25) is 5.91 Å². The van der Waals surface area contributed by atoms with Gasteiger partial charge in [0.05, 0.1) is 16.7 Å². The van der Waals surface area contributed by atoms with E-state index in [1.807, 2.05) is 31.2 Å². The first-order valence-corrected chi connectivity index (χ1v) is 12.5. The fraction of sp³-hybridized carbons (Fsp3) is 0.308. The molecule has 3 aromatic rings. The van der Waals surface area contributed by atoms with Gasteiger partial charge in [0.15, 0.2) is 5.16 Å². The molecule has 7 nitrogen and oxygen atoms in total. The van der Waals surface area contributed by atoms with Gasteiger partial charge in [0.25, 0.3) is 11.5 Å². The van der Waals surface area contributed by atoms with Crippen LogP contribution in [0, 0.1) is 6.92 Å². The number of para-hydroxylation sites is 1. The summed E-state index contributed by atoms with van der Waals surface area (Å²) in [5.74, 6) is -0.754. The Morgan fingerprint density at radius 2 is 1.85 bits per heavy atom. The van der Waals surface area contributed by atoms with Crippen molar-refractivity contribution in [1.82, 2.24) is 20.4 Å². The third kappa shape index (κ3) is 5.94. The highest BCUT2D eigenvalue weighted by molar-refractivity contribution is 7.99. The number of nitrogens with zero attached hydrogens (tertiary/aromatic N) is 2. The summed E-state index contributed by atoms with van der Waals surface area (Å²) in [7, 11) is 0. The molecule has 0 spiro atoms. The molecule has 2 N–H and O–H groups in total. The number of nitrogens with one attached hydrogen (secondary N) is 2. The Labute approximate surface area is 202 Å². The van der Waals surface area contributed by atoms with E-state index in [4.69, 9.17) is 0 Å². The molecule has 0 bridgehead atoms. The molecule has 8 heteroatoms. The smallest absolute Gasteiger partial charge is 0.269 e. The van der Waals surface area contributed by atoms with E-state index in [0.717, 1.165) is 24.8 Å². The largest absolute Gasteiger partial charge is 0.287 e. The fourth-order valence-corrected chi connectivity index (χ4v) is 4.74. The molecule has 1 aliphatic carbocycles. The van der Waals surface area contributed by atoms with Crippen molar-refractivity contribution in [2.75, 3.05) is 5.75 Å². The first-order valence-electron chi connectivity index (χ1n) is 11.5. The van der Waals surface area contributed by atoms with Crippen molar-refractivity contribution in [2.45, 2.75) is 50.7 Å². The highest BCUT2D eigenvalue weighted by Crippen LogP contribution is 2.23. The molecule has 0 saturated carbocycles. The minimum absolute atomic E-state index is 0.0155. The maximum atomic E-state index is 13.2. The molecule has 1 aliphatic rings. The summed E-state index contributed by atoms with van der Waals surface area (Å²) in [6.07, 6.45) is 7.65. The van der Waals surface area contributed by atoms with Crippen molar-refractivity contribution in [3.8, 4) is 0 Å². The SMILES string of the molecule is Cc1ccc(C(=O)NNC(=O)CSc2nc3ccccc3c(=O)n2CCC2=CCCCC2)cc1.